The summed E-state index contributed by atoms with van der Waals surface area (Å²) in [6.07, 6.45) is -2.75. The highest BCUT2D eigenvalue weighted by molar-refractivity contribution is 6.35. The molecule has 0 spiro atoms. The molecule has 1 aliphatic rings. The third-order valence-electron chi connectivity index (χ3n) is 5.09. The molecule has 2 aromatic carbocycles. The van der Waals surface area contributed by atoms with Crippen LogP contribution in [-0.4, -0.2) is 73.4 Å². The van der Waals surface area contributed by atoms with Gasteiger partial charge in [0, 0.05) is 35.2 Å². The van der Waals surface area contributed by atoms with E-state index in [0.29, 0.717) is 29.7 Å². The van der Waals surface area contributed by atoms with Crippen molar-refractivity contribution in [2.45, 2.75) is 44.6 Å². The minimum atomic E-state index is -2.74. The third kappa shape index (κ3) is 9.38. The van der Waals surface area contributed by atoms with Crippen LogP contribution < -0.4 is 9.47 Å². The van der Waals surface area contributed by atoms with Gasteiger partial charge >= 0.3 is 17.9 Å². The van der Waals surface area contributed by atoms with Crippen LogP contribution in [0.3, 0.4) is 0 Å². The highest BCUT2D eigenvalue weighted by Crippen LogP contribution is 2.33. The van der Waals surface area contributed by atoms with E-state index in [1.54, 1.807) is 6.92 Å². The molecule has 11 nitrogen and oxygen atoms in total. The molecule has 3 rings (SSSR count). The Morgan fingerprint density at radius 1 is 0.973 bits per heavy atom. The highest BCUT2D eigenvalue weighted by Gasteiger charge is 2.40. The minimum absolute atomic E-state index is 0.255. The van der Waals surface area contributed by atoms with Gasteiger partial charge in [0.15, 0.2) is 17.1 Å². The van der Waals surface area contributed by atoms with Gasteiger partial charge in [0.1, 0.15) is 0 Å². The van der Waals surface area contributed by atoms with E-state index in [2.05, 4.69) is 4.90 Å². The number of fused-ring (bicyclic) bond motifs is 1. The number of carbonyl (C=O) groups is 3. The summed E-state index contributed by atoms with van der Waals surface area (Å²) in [5.74, 6) is -3.51. The number of hydrogen-bond donors (Lipinski definition) is 5. The zero-order valence-corrected chi connectivity index (χ0v) is 21.3. The number of ether oxygens (including phenoxy) is 2. The van der Waals surface area contributed by atoms with E-state index >= 15 is 0 Å². The predicted octanol–water partition coefficient (Wildman–Crippen LogP) is 2.86. The standard InChI is InChI=1S/C18H19Cl2NO3.C6H8O7/c1-12(22)8-21(10-14-15(19)3-2-4-16(14)20)9-13-5-6-17-18(7-13)24-11-23-17;7-3(8)1-6(13,5(11)12)2-4(9)10/h2-7,12,22H,8-11H2,1H3;13H,1-2H2,(H,7,8)(H,9,10)(H,11,12). The fourth-order valence-electron chi connectivity index (χ4n) is 3.48. The lowest BCUT2D eigenvalue weighted by Gasteiger charge is -2.25. The lowest BCUT2D eigenvalue weighted by atomic mass is 9.96. The summed E-state index contributed by atoms with van der Waals surface area (Å²) in [4.78, 5) is 32.6. The molecule has 0 aromatic heterocycles. The van der Waals surface area contributed by atoms with Gasteiger partial charge in [-0.1, -0.05) is 35.3 Å². The summed E-state index contributed by atoms with van der Waals surface area (Å²) in [6.45, 7) is 3.73. The number of carboxylic acids is 3. The van der Waals surface area contributed by atoms with Gasteiger partial charge in [-0.2, -0.15) is 0 Å². The monoisotopic (exact) mass is 559 g/mol. The third-order valence-corrected chi connectivity index (χ3v) is 5.80. The number of aliphatic hydroxyl groups is 2. The Hall–Kier alpha value is -3.09. The molecule has 1 heterocycles. The summed E-state index contributed by atoms with van der Waals surface area (Å²) < 4.78 is 10.8. The second-order valence-corrected chi connectivity index (χ2v) is 9.20. The molecule has 37 heavy (non-hydrogen) atoms. The SMILES string of the molecule is CC(O)CN(Cc1ccc2c(c1)OCO2)Cc1c(Cl)cccc1Cl.O=C(O)CC(O)(CC(=O)O)C(=O)O. The van der Waals surface area contributed by atoms with E-state index in [-0.39, 0.29) is 6.79 Å². The molecule has 202 valence electrons. The Labute approximate surface area is 222 Å². The summed E-state index contributed by atoms with van der Waals surface area (Å²) in [6, 6.07) is 11.3. The van der Waals surface area contributed by atoms with Crippen LogP contribution in [0.25, 0.3) is 0 Å². The Morgan fingerprint density at radius 3 is 2.05 bits per heavy atom. The van der Waals surface area contributed by atoms with Gasteiger partial charge in [-0.05, 0) is 36.8 Å². The smallest absolute Gasteiger partial charge is 0.336 e. The van der Waals surface area contributed by atoms with Gasteiger partial charge in [0.05, 0.1) is 18.9 Å². The largest absolute Gasteiger partial charge is 0.481 e. The fourth-order valence-corrected chi connectivity index (χ4v) is 3.99. The van der Waals surface area contributed by atoms with Crippen LogP contribution in [0.15, 0.2) is 36.4 Å². The van der Waals surface area contributed by atoms with Crippen molar-refractivity contribution >= 4 is 41.1 Å². The lowest BCUT2D eigenvalue weighted by molar-refractivity contribution is -0.170. The van der Waals surface area contributed by atoms with Crippen molar-refractivity contribution in [3.63, 3.8) is 0 Å². The maximum atomic E-state index is 10.3. The molecule has 5 N–H and O–H groups in total. The summed E-state index contributed by atoms with van der Waals surface area (Å²) in [5.41, 5.74) is -0.803. The normalized spacial score (nSPS) is 13.0. The Kier molecular flexibility index (Phi) is 11.0. The van der Waals surface area contributed by atoms with Crippen molar-refractivity contribution in [2.24, 2.45) is 0 Å². The zero-order valence-electron chi connectivity index (χ0n) is 19.8. The topological polar surface area (TPSA) is 174 Å². The summed E-state index contributed by atoms with van der Waals surface area (Å²) >= 11 is 12.6. The van der Waals surface area contributed by atoms with Crippen molar-refractivity contribution in [1.82, 2.24) is 4.90 Å². The van der Waals surface area contributed by atoms with Crippen LogP contribution in [0.4, 0.5) is 0 Å². The summed E-state index contributed by atoms with van der Waals surface area (Å²) in [7, 11) is 0. The molecule has 0 fully saturated rings. The van der Waals surface area contributed by atoms with Crippen molar-refractivity contribution in [3.8, 4) is 11.5 Å². The van der Waals surface area contributed by atoms with Crippen LogP contribution in [0.1, 0.15) is 30.9 Å². The molecule has 13 heteroatoms. The molecule has 0 radical (unpaired) electrons. The number of aliphatic hydroxyl groups excluding tert-OH is 1. The first-order valence-corrected chi connectivity index (χ1v) is 11.7. The van der Waals surface area contributed by atoms with Crippen LogP contribution in [0.2, 0.25) is 10.0 Å². The lowest BCUT2D eigenvalue weighted by Crippen LogP contribution is -2.42. The first-order chi connectivity index (χ1) is 17.3. The number of carboxylic acid groups (broad SMARTS) is 3. The van der Waals surface area contributed by atoms with Gasteiger partial charge in [0.2, 0.25) is 6.79 Å². The average molecular weight is 560 g/mol. The first-order valence-electron chi connectivity index (χ1n) is 10.9. The molecule has 1 aliphatic heterocycles. The molecule has 0 amide bonds. The quantitative estimate of drug-likeness (QED) is 0.273. The number of halogens is 2. The fraction of sp³-hybridized carbons (Fsp3) is 0.375. The van der Waals surface area contributed by atoms with Crippen LogP contribution in [0.5, 0.6) is 11.5 Å². The molecule has 0 saturated carbocycles. The van der Waals surface area contributed by atoms with Gasteiger partial charge in [-0.15, -0.1) is 0 Å². The van der Waals surface area contributed by atoms with Crippen molar-refractivity contribution in [3.05, 3.63) is 57.6 Å². The second-order valence-electron chi connectivity index (χ2n) is 8.38. The first kappa shape index (κ1) is 30.1. The van der Waals surface area contributed by atoms with E-state index < -0.39 is 42.5 Å². The molecular weight excluding hydrogens is 533 g/mol. The number of nitrogens with zero attached hydrogens (tertiary/aromatic N) is 1. The van der Waals surface area contributed by atoms with Crippen LogP contribution in [0, 0.1) is 0 Å². The number of benzene rings is 2. The average Bonchev–Trinajstić information content (AvgIpc) is 3.23. The summed E-state index contributed by atoms with van der Waals surface area (Å²) in [5, 5.41) is 44.9. The van der Waals surface area contributed by atoms with Gasteiger partial charge in [-0.3, -0.25) is 14.5 Å². The molecular formula is C24H27Cl2NO10. The van der Waals surface area contributed by atoms with Gasteiger partial charge in [0.25, 0.3) is 0 Å². The zero-order chi connectivity index (χ0) is 27.8. The van der Waals surface area contributed by atoms with E-state index in [1.807, 2.05) is 36.4 Å². The van der Waals surface area contributed by atoms with Gasteiger partial charge < -0.3 is 35.0 Å². The second kappa shape index (κ2) is 13.5. The Balaban J connectivity index is 0.000000317. The molecule has 1 atom stereocenters. The van der Waals surface area contributed by atoms with Crippen LogP contribution in [-0.2, 0) is 27.5 Å². The molecule has 0 saturated heterocycles. The predicted molar refractivity (Wildman–Crippen MR) is 132 cm³/mol. The molecule has 0 bridgehead atoms. The maximum absolute atomic E-state index is 10.3. The van der Waals surface area contributed by atoms with E-state index in [0.717, 1.165) is 22.6 Å². The molecule has 1 unspecified atom stereocenters. The van der Waals surface area contributed by atoms with E-state index in [1.165, 1.54) is 0 Å². The molecule has 2 aromatic rings. The van der Waals surface area contributed by atoms with Crippen molar-refractivity contribution < 1.29 is 49.4 Å². The number of rotatable bonds is 11. The van der Waals surface area contributed by atoms with E-state index in [9.17, 15) is 19.5 Å². The maximum Gasteiger partial charge on any atom is 0.336 e. The van der Waals surface area contributed by atoms with E-state index in [4.69, 9.17) is 53.1 Å². The Bertz CT molecular complexity index is 1090. The van der Waals surface area contributed by atoms with Gasteiger partial charge in [-0.25, -0.2) is 4.79 Å². The number of hydrogen-bond acceptors (Lipinski definition) is 8. The molecule has 0 aliphatic carbocycles. The van der Waals surface area contributed by atoms with Crippen molar-refractivity contribution in [1.29, 1.82) is 0 Å². The minimum Gasteiger partial charge on any atom is -0.481 e. The van der Waals surface area contributed by atoms with Crippen molar-refractivity contribution in [2.75, 3.05) is 13.3 Å². The Morgan fingerprint density at radius 2 is 1.54 bits per heavy atom. The number of aliphatic carboxylic acids is 3. The van der Waals surface area contributed by atoms with Crippen LogP contribution >= 0.6 is 23.2 Å². The highest BCUT2D eigenvalue weighted by atomic mass is 35.5.